The predicted octanol–water partition coefficient (Wildman–Crippen LogP) is 9.73. The number of benzene rings is 2. The largest absolute Gasteiger partial charge is 0.497 e. The van der Waals surface area contributed by atoms with E-state index in [1.54, 1.807) is 24.6 Å². The molecule has 3 heterocycles. The van der Waals surface area contributed by atoms with Crippen molar-refractivity contribution in [1.82, 2.24) is 41.5 Å². The van der Waals surface area contributed by atoms with E-state index in [0.29, 0.717) is 35.9 Å². The summed E-state index contributed by atoms with van der Waals surface area (Å²) in [7, 11) is 1.68. The van der Waals surface area contributed by atoms with Gasteiger partial charge in [-0.25, -0.2) is 9.83 Å². The number of aromatic nitrogens is 3. The van der Waals surface area contributed by atoms with Crippen molar-refractivity contribution in [2.24, 2.45) is 0 Å². The Morgan fingerprint density at radius 2 is 1.05 bits per heavy atom. The Bertz CT molecular complexity index is 1660. The van der Waals surface area contributed by atoms with Crippen LogP contribution in [0.2, 0.25) is 0 Å². The second kappa shape index (κ2) is 32.4. The fourth-order valence-corrected chi connectivity index (χ4v) is 4.97. The Labute approximate surface area is 354 Å². The maximum Gasteiger partial charge on any atom is 0.187 e. The lowest BCUT2D eigenvalue weighted by Crippen LogP contribution is -2.21. The number of ether oxygens (including phenoxy) is 1. The smallest absolute Gasteiger partial charge is 0.187 e. The quantitative estimate of drug-likeness (QED) is 0.0623. The minimum Gasteiger partial charge on any atom is -0.497 e. The van der Waals surface area contributed by atoms with Crippen molar-refractivity contribution in [2.45, 2.75) is 132 Å². The summed E-state index contributed by atoms with van der Waals surface area (Å²) in [5.74, 6) is 0.910. The molecule has 0 fully saturated rings. The molecule has 10 nitrogen and oxygen atoms in total. The topological polar surface area (TPSA) is 112 Å². The number of thiazole rings is 1. The Balaban J connectivity index is 0.000000364. The highest BCUT2D eigenvalue weighted by Gasteiger charge is 1.98. The second-order valence-electron chi connectivity index (χ2n) is 15.0. The lowest BCUT2D eigenvalue weighted by molar-refractivity contribution is 0.414. The number of nitrogens with one attached hydrogen (secondary N) is 5. The average Bonchev–Trinajstić information content (AvgIpc) is 3.76. The molecule has 0 spiro atoms. The summed E-state index contributed by atoms with van der Waals surface area (Å²) in [5, 5.41) is 19.8. The summed E-state index contributed by atoms with van der Waals surface area (Å²) in [6, 6.07) is 26.5. The van der Waals surface area contributed by atoms with Gasteiger partial charge in [0.15, 0.2) is 5.69 Å². The first-order chi connectivity index (χ1) is 27.8. The molecule has 0 radical (unpaired) electrons. The third-order valence-corrected chi connectivity index (χ3v) is 8.45. The molecule has 3 aromatic heterocycles. The molecule has 0 bridgehead atoms. The molecule has 5 rings (SSSR count). The second-order valence-corrected chi connectivity index (χ2v) is 15.9. The van der Waals surface area contributed by atoms with Gasteiger partial charge in [-0.05, 0) is 52.6 Å². The average molecular weight is 810 g/mol. The molecule has 11 heteroatoms. The van der Waals surface area contributed by atoms with Crippen LogP contribution in [0.5, 0.6) is 5.75 Å². The Morgan fingerprint density at radius 3 is 1.52 bits per heavy atom. The number of methoxy groups -OCH3 is 1. The van der Waals surface area contributed by atoms with Crippen LogP contribution in [0.4, 0.5) is 5.69 Å². The van der Waals surface area contributed by atoms with E-state index in [2.05, 4.69) is 134 Å². The van der Waals surface area contributed by atoms with Crippen LogP contribution in [0.25, 0.3) is 4.85 Å². The summed E-state index contributed by atoms with van der Waals surface area (Å²) in [6.45, 7) is 32.7. The van der Waals surface area contributed by atoms with Gasteiger partial charge in [0.05, 0.1) is 13.7 Å². The SMILES string of the molecule is CC(C)NCc1cccnc1.CC(C)NCc1ccncc1.CC(C)NCc1nccs1.COc1ccc(CNC(C)C)cc1.[C-]#[N+]c1cccc(CNC(C)C)c1. The standard InChI is InChI=1S/C11H14N2.C11H17NO.2C9H14N2.C7H12N2S/c1-9(2)13-8-10-5-4-6-11(7-10)12-3;1-9(2)12-8-10-4-6-11(13-3)7-5-10;1-8(2)11-7-9-3-5-10-6-4-9;1-8(2)11-7-9-4-3-5-10-6-9;1-6(2)9-5-7-8-3-4-10-7/h4-7,9,13H,8H2,1-2H3;4-7,9,12H,8H2,1-3H3;2*3-6,8,11H,7H2,1-2H3;3-4,6,9H,5H2,1-2H3. The highest BCUT2D eigenvalue weighted by atomic mass is 32.1. The first kappa shape index (κ1) is 51.5. The van der Waals surface area contributed by atoms with E-state index in [0.717, 1.165) is 43.5 Å². The van der Waals surface area contributed by atoms with Gasteiger partial charge in [0.1, 0.15) is 10.8 Å². The molecular weight excluding hydrogens is 739 g/mol. The number of hydrogen-bond acceptors (Lipinski definition) is 10. The van der Waals surface area contributed by atoms with Crippen LogP contribution in [-0.2, 0) is 32.7 Å². The lowest BCUT2D eigenvalue weighted by atomic mass is 10.2. The molecule has 5 N–H and O–H groups in total. The zero-order valence-electron chi connectivity index (χ0n) is 36.9. The predicted molar refractivity (Wildman–Crippen MR) is 246 cm³/mol. The minimum atomic E-state index is 0.483. The molecule has 0 atom stereocenters. The highest BCUT2D eigenvalue weighted by molar-refractivity contribution is 7.09. The zero-order valence-corrected chi connectivity index (χ0v) is 37.7. The number of rotatable bonds is 16. The summed E-state index contributed by atoms with van der Waals surface area (Å²) in [5.41, 5.74) is 5.69. The monoisotopic (exact) mass is 810 g/mol. The van der Waals surface area contributed by atoms with Gasteiger partial charge in [-0.2, -0.15) is 0 Å². The van der Waals surface area contributed by atoms with Crippen LogP contribution < -0.4 is 31.3 Å². The highest BCUT2D eigenvalue weighted by Crippen LogP contribution is 2.13. The maximum atomic E-state index is 6.86. The lowest BCUT2D eigenvalue weighted by Gasteiger charge is -2.08. The van der Waals surface area contributed by atoms with Gasteiger partial charge in [0, 0.05) is 99.3 Å². The van der Waals surface area contributed by atoms with E-state index in [1.807, 2.05) is 84.8 Å². The molecule has 0 unspecified atom stereocenters. The van der Waals surface area contributed by atoms with Crippen molar-refractivity contribution in [3.8, 4) is 5.75 Å². The van der Waals surface area contributed by atoms with Crippen molar-refractivity contribution >= 4 is 17.0 Å². The number of pyridine rings is 2. The Hall–Kier alpha value is -4.54. The third-order valence-electron chi connectivity index (χ3n) is 7.67. The molecule has 2 aromatic carbocycles. The molecule has 0 aliphatic rings. The molecule has 5 aromatic rings. The van der Waals surface area contributed by atoms with Crippen LogP contribution in [0, 0.1) is 6.57 Å². The van der Waals surface area contributed by atoms with Crippen molar-refractivity contribution in [3.05, 3.63) is 148 Å². The van der Waals surface area contributed by atoms with Crippen molar-refractivity contribution < 1.29 is 4.74 Å². The Morgan fingerprint density at radius 1 is 0.552 bits per heavy atom. The van der Waals surface area contributed by atoms with E-state index < -0.39 is 0 Å². The van der Waals surface area contributed by atoms with Crippen molar-refractivity contribution in [3.63, 3.8) is 0 Å². The van der Waals surface area contributed by atoms with Gasteiger partial charge in [0.2, 0.25) is 0 Å². The van der Waals surface area contributed by atoms with Crippen molar-refractivity contribution in [1.29, 1.82) is 0 Å². The summed E-state index contributed by atoms with van der Waals surface area (Å²) < 4.78 is 5.07. The molecule has 0 amide bonds. The fourth-order valence-electron chi connectivity index (χ4n) is 4.40. The van der Waals surface area contributed by atoms with Gasteiger partial charge >= 0.3 is 0 Å². The van der Waals surface area contributed by atoms with Crippen LogP contribution in [0.1, 0.15) is 96.5 Å². The van der Waals surface area contributed by atoms with Gasteiger partial charge in [-0.15, -0.1) is 11.3 Å². The van der Waals surface area contributed by atoms with Crippen LogP contribution >= 0.6 is 11.3 Å². The van der Waals surface area contributed by atoms with Crippen LogP contribution in [0.3, 0.4) is 0 Å². The van der Waals surface area contributed by atoms with E-state index >= 15 is 0 Å². The van der Waals surface area contributed by atoms with E-state index in [-0.39, 0.29) is 0 Å². The number of hydrogen-bond donors (Lipinski definition) is 5. The summed E-state index contributed by atoms with van der Waals surface area (Å²) in [4.78, 5) is 15.5. The minimum absolute atomic E-state index is 0.483. The van der Waals surface area contributed by atoms with E-state index in [4.69, 9.17) is 11.3 Å². The molecule has 0 aliphatic carbocycles. The fraction of sp³-hybridized carbons (Fsp3) is 0.447. The molecule has 58 heavy (non-hydrogen) atoms. The molecule has 0 saturated carbocycles. The molecule has 0 saturated heterocycles. The normalized spacial score (nSPS) is 10.4. The maximum absolute atomic E-state index is 6.86. The Kier molecular flexibility index (Phi) is 28.8. The van der Waals surface area contributed by atoms with Gasteiger partial charge < -0.3 is 31.3 Å². The van der Waals surface area contributed by atoms with E-state index in [9.17, 15) is 0 Å². The summed E-state index contributed by atoms with van der Waals surface area (Å²) in [6.07, 6.45) is 9.14. The van der Waals surface area contributed by atoms with E-state index in [1.165, 1.54) is 22.3 Å². The van der Waals surface area contributed by atoms with Crippen LogP contribution in [0.15, 0.2) is 109 Å². The molecular formula is C47H71N9OS. The van der Waals surface area contributed by atoms with Crippen LogP contribution in [-0.4, -0.2) is 52.3 Å². The van der Waals surface area contributed by atoms with Gasteiger partial charge in [-0.1, -0.05) is 112 Å². The van der Waals surface area contributed by atoms with Gasteiger partial charge in [0.25, 0.3) is 0 Å². The van der Waals surface area contributed by atoms with Crippen molar-refractivity contribution in [2.75, 3.05) is 7.11 Å². The first-order valence-electron chi connectivity index (χ1n) is 20.2. The summed E-state index contributed by atoms with van der Waals surface area (Å²) >= 11 is 1.69. The van der Waals surface area contributed by atoms with Gasteiger partial charge in [-0.3, -0.25) is 9.97 Å². The molecule has 316 valence electrons. The number of nitrogens with zero attached hydrogens (tertiary/aromatic N) is 4. The zero-order chi connectivity index (χ0) is 43.0. The third kappa shape index (κ3) is 28.8. The first-order valence-corrected chi connectivity index (χ1v) is 21.1. The molecule has 0 aliphatic heterocycles.